The van der Waals surface area contributed by atoms with Gasteiger partial charge in [0, 0.05) is 29.8 Å². The van der Waals surface area contributed by atoms with E-state index in [1.807, 2.05) is 27.7 Å². The van der Waals surface area contributed by atoms with E-state index in [4.69, 9.17) is 5.73 Å². The van der Waals surface area contributed by atoms with Crippen molar-refractivity contribution in [2.75, 3.05) is 12.3 Å². The van der Waals surface area contributed by atoms with Gasteiger partial charge in [0.05, 0.1) is 0 Å². The van der Waals surface area contributed by atoms with Gasteiger partial charge in [-0.05, 0) is 51.5 Å². The third-order valence-electron chi connectivity index (χ3n) is 2.51. The van der Waals surface area contributed by atoms with Crippen LogP contribution in [0.2, 0.25) is 0 Å². The predicted octanol–water partition coefficient (Wildman–Crippen LogP) is 1.61. The Morgan fingerprint density at radius 1 is 1.20 bits per heavy atom. The van der Waals surface area contributed by atoms with Crippen LogP contribution >= 0.6 is 0 Å². The molecule has 0 radical (unpaired) electrons. The van der Waals surface area contributed by atoms with E-state index in [1.54, 1.807) is 18.2 Å². The fourth-order valence-electron chi connectivity index (χ4n) is 1.82. The van der Waals surface area contributed by atoms with Crippen LogP contribution in [-0.4, -0.2) is 23.9 Å². The van der Waals surface area contributed by atoms with Crippen molar-refractivity contribution < 1.29 is 9.59 Å². The lowest BCUT2D eigenvalue weighted by molar-refractivity contribution is -0.122. The van der Waals surface area contributed by atoms with Gasteiger partial charge in [-0.2, -0.15) is 0 Å². The molecule has 0 unspecified atom stereocenters. The molecule has 4 N–H and O–H groups in total. The van der Waals surface area contributed by atoms with Crippen molar-refractivity contribution in [2.45, 2.75) is 39.7 Å². The van der Waals surface area contributed by atoms with E-state index in [-0.39, 0.29) is 23.8 Å². The number of aryl methyl sites for hydroxylation is 1. The van der Waals surface area contributed by atoms with Crippen molar-refractivity contribution in [3.05, 3.63) is 29.3 Å². The number of carbonyl (C=O) groups is 2. The summed E-state index contributed by atoms with van der Waals surface area (Å²) in [6.07, 6.45) is 0.254. The second-order valence-electron chi connectivity index (χ2n) is 5.94. The van der Waals surface area contributed by atoms with Crippen LogP contribution in [0, 0.1) is 6.92 Å². The Kier molecular flexibility index (Phi) is 5.13. The summed E-state index contributed by atoms with van der Waals surface area (Å²) in [5.74, 6) is -0.300. The summed E-state index contributed by atoms with van der Waals surface area (Å²) < 4.78 is 0. The maximum atomic E-state index is 11.9. The van der Waals surface area contributed by atoms with Crippen molar-refractivity contribution in [1.82, 2.24) is 10.6 Å². The van der Waals surface area contributed by atoms with Gasteiger partial charge in [-0.1, -0.05) is 0 Å². The summed E-state index contributed by atoms with van der Waals surface area (Å²) >= 11 is 0. The largest absolute Gasteiger partial charge is 0.399 e. The van der Waals surface area contributed by atoms with Crippen molar-refractivity contribution in [3.8, 4) is 0 Å². The number of rotatable bonds is 4. The quantitative estimate of drug-likeness (QED) is 0.731. The zero-order chi connectivity index (χ0) is 15.3. The van der Waals surface area contributed by atoms with Gasteiger partial charge in [0.15, 0.2) is 0 Å². The van der Waals surface area contributed by atoms with Crippen LogP contribution in [0.4, 0.5) is 5.69 Å². The molecule has 0 aliphatic carbocycles. The van der Waals surface area contributed by atoms with Crippen LogP contribution in [0.5, 0.6) is 0 Å². The summed E-state index contributed by atoms with van der Waals surface area (Å²) in [4.78, 5) is 23.5. The average Bonchev–Trinajstić information content (AvgIpc) is 2.24. The number of anilines is 1. The van der Waals surface area contributed by atoms with Gasteiger partial charge in [0.2, 0.25) is 5.91 Å². The molecule has 0 aliphatic rings. The van der Waals surface area contributed by atoms with E-state index in [0.717, 1.165) is 5.56 Å². The minimum atomic E-state index is -0.258. The van der Waals surface area contributed by atoms with E-state index in [9.17, 15) is 9.59 Å². The highest BCUT2D eigenvalue weighted by atomic mass is 16.2. The van der Waals surface area contributed by atoms with Crippen LogP contribution in [0.1, 0.15) is 43.1 Å². The molecule has 0 aliphatic heterocycles. The first-order chi connectivity index (χ1) is 9.17. The molecule has 0 spiro atoms. The number of nitrogens with one attached hydrogen (secondary N) is 2. The van der Waals surface area contributed by atoms with Crippen LogP contribution in [0.3, 0.4) is 0 Å². The molecule has 0 aromatic heterocycles. The first kappa shape index (κ1) is 16.0. The average molecular weight is 277 g/mol. The second-order valence-corrected chi connectivity index (χ2v) is 5.94. The highest BCUT2D eigenvalue weighted by Gasteiger charge is 2.13. The molecule has 0 fully saturated rings. The SMILES string of the molecule is Cc1cc(N)cc(C(=O)NCCC(=O)NC(C)(C)C)c1. The zero-order valence-corrected chi connectivity index (χ0v) is 12.5. The molecule has 0 saturated heterocycles. The smallest absolute Gasteiger partial charge is 0.251 e. The summed E-state index contributed by atoms with van der Waals surface area (Å²) in [5.41, 5.74) is 7.44. The van der Waals surface area contributed by atoms with Gasteiger partial charge < -0.3 is 16.4 Å². The van der Waals surface area contributed by atoms with Crippen LogP contribution in [-0.2, 0) is 4.79 Å². The Balaban J connectivity index is 2.46. The van der Waals surface area contributed by atoms with Gasteiger partial charge in [0.1, 0.15) is 0 Å². The summed E-state index contributed by atoms with van der Waals surface area (Å²) in [6.45, 7) is 7.93. The Labute approximate surface area is 119 Å². The molecule has 5 heteroatoms. The highest BCUT2D eigenvalue weighted by molar-refractivity contribution is 5.95. The minimum Gasteiger partial charge on any atom is -0.399 e. The van der Waals surface area contributed by atoms with Crippen LogP contribution in [0.15, 0.2) is 18.2 Å². The molecule has 20 heavy (non-hydrogen) atoms. The number of amides is 2. The van der Waals surface area contributed by atoms with Crippen LogP contribution < -0.4 is 16.4 Å². The van der Waals surface area contributed by atoms with Gasteiger partial charge in [0.25, 0.3) is 5.91 Å². The Hall–Kier alpha value is -2.04. The normalized spacial score (nSPS) is 11.0. The van der Waals surface area contributed by atoms with Crippen molar-refractivity contribution >= 4 is 17.5 Å². The van der Waals surface area contributed by atoms with Gasteiger partial charge >= 0.3 is 0 Å². The number of nitrogen functional groups attached to an aromatic ring is 1. The molecule has 5 nitrogen and oxygen atoms in total. The van der Waals surface area contributed by atoms with E-state index in [2.05, 4.69) is 10.6 Å². The summed E-state index contributed by atoms with van der Waals surface area (Å²) in [7, 11) is 0. The molecule has 0 atom stereocenters. The molecule has 110 valence electrons. The van der Waals surface area contributed by atoms with Gasteiger partial charge in [-0.3, -0.25) is 9.59 Å². The Morgan fingerprint density at radius 2 is 1.85 bits per heavy atom. The Bertz CT molecular complexity index is 484. The first-order valence-electron chi connectivity index (χ1n) is 6.64. The molecular weight excluding hydrogens is 254 g/mol. The lowest BCUT2D eigenvalue weighted by Gasteiger charge is -2.20. The monoisotopic (exact) mass is 277 g/mol. The topological polar surface area (TPSA) is 84.2 Å². The van der Waals surface area contributed by atoms with E-state index in [0.29, 0.717) is 17.8 Å². The maximum Gasteiger partial charge on any atom is 0.251 e. The van der Waals surface area contributed by atoms with Crippen molar-refractivity contribution in [2.24, 2.45) is 0 Å². The fourth-order valence-corrected chi connectivity index (χ4v) is 1.82. The summed E-state index contributed by atoms with van der Waals surface area (Å²) in [5, 5.41) is 5.56. The molecule has 0 heterocycles. The van der Waals surface area contributed by atoms with E-state index >= 15 is 0 Å². The molecule has 2 amide bonds. The highest BCUT2D eigenvalue weighted by Crippen LogP contribution is 2.11. The van der Waals surface area contributed by atoms with Gasteiger partial charge in [-0.25, -0.2) is 0 Å². The number of carbonyl (C=O) groups excluding carboxylic acids is 2. The third-order valence-corrected chi connectivity index (χ3v) is 2.51. The van der Waals surface area contributed by atoms with E-state index < -0.39 is 0 Å². The molecule has 1 aromatic carbocycles. The first-order valence-corrected chi connectivity index (χ1v) is 6.64. The lowest BCUT2D eigenvalue weighted by Crippen LogP contribution is -2.42. The molecule has 0 bridgehead atoms. The number of hydrogen-bond acceptors (Lipinski definition) is 3. The number of benzene rings is 1. The number of hydrogen-bond donors (Lipinski definition) is 3. The molecule has 1 aromatic rings. The Morgan fingerprint density at radius 3 is 2.40 bits per heavy atom. The maximum absolute atomic E-state index is 11.9. The summed E-state index contributed by atoms with van der Waals surface area (Å²) in [6, 6.07) is 5.19. The fraction of sp³-hybridized carbons (Fsp3) is 0.467. The van der Waals surface area contributed by atoms with Gasteiger partial charge in [-0.15, -0.1) is 0 Å². The predicted molar refractivity (Wildman–Crippen MR) is 80.4 cm³/mol. The number of nitrogens with two attached hydrogens (primary N) is 1. The molecular formula is C15H23N3O2. The zero-order valence-electron chi connectivity index (χ0n) is 12.5. The standard InChI is InChI=1S/C15H23N3O2/c1-10-7-11(9-12(16)8-10)14(20)17-6-5-13(19)18-15(2,3)4/h7-9H,5-6,16H2,1-4H3,(H,17,20)(H,18,19). The second kappa shape index (κ2) is 6.41. The van der Waals surface area contributed by atoms with E-state index in [1.165, 1.54) is 0 Å². The third kappa shape index (κ3) is 5.73. The van der Waals surface area contributed by atoms with Crippen molar-refractivity contribution in [1.29, 1.82) is 0 Å². The molecule has 1 rings (SSSR count). The lowest BCUT2D eigenvalue weighted by atomic mass is 10.1. The van der Waals surface area contributed by atoms with Crippen LogP contribution in [0.25, 0.3) is 0 Å². The van der Waals surface area contributed by atoms with Crippen molar-refractivity contribution in [3.63, 3.8) is 0 Å². The minimum absolute atomic E-state index is 0.0819. The molecule has 0 saturated carbocycles.